The molecule has 2 heteroatoms. The lowest BCUT2D eigenvalue weighted by atomic mass is 9.84. The van der Waals surface area contributed by atoms with Crippen molar-refractivity contribution in [2.24, 2.45) is 17.8 Å². The molecule has 19 heavy (non-hydrogen) atoms. The van der Waals surface area contributed by atoms with E-state index in [-0.39, 0.29) is 14.9 Å². The van der Waals surface area contributed by atoms with Crippen LogP contribution in [0.15, 0.2) is 0 Å². The van der Waals surface area contributed by atoms with Gasteiger partial charge in [-0.2, -0.15) is 0 Å². The van der Waals surface area contributed by atoms with Gasteiger partial charge in [0.1, 0.15) is 0 Å². The Labute approximate surface area is 121 Å². The van der Waals surface area contributed by atoms with Crippen molar-refractivity contribution in [3.05, 3.63) is 0 Å². The average Bonchev–Trinajstić information content (AvgIpc) is 2.79. The first-order valence-corrected chi connectivity index (χ1v) is 7.83. The molecule has 0 aromatic heterocycles. The van der Waals surface area contributed by atoms with Gasteiger partial charge in [-0.3, -0.25) is 0 Å². The summed E-state index contributed by atoms with van der Waals surface area (Å²) >= 11 is 0. The normalized spacial score (nSPS) is 39.2. The summed E-state index contributed by atoms with van der Waals surface area (Å²) < 4.78 is 0. The zero-order valence-electron chi connectivity index (χ0n) is 11.2. The van der Waals surface area contributed by atoms with Crippen LogP contribution in [0.4, 0.5) is 0 Å². The van der Waals surface area contributed by atoms with Crippen molar-refractivity contribution in [3.63, 3.8) is 0 Å². The standard InChI is InChI=1S/C8H15N.C7H13N.2CH4/c1-2-8-4-3-7(1)5-9-6-8;1-4-8-5-2-7(1)3-6-8;;/h7-9H,1-6H2;7H,1-6H2;2*1H4. The molecule has 0 atom stereocenters. The molecular weight excluding hydrogens is 232 g/mol. The second-order valence-corrected chi connectivity index (χ2v) is 6.62. The molecule has 6 fully saturated rings. The molecule has 114 valence electrons. The molecule has 1 N–H and O–H groups in total. The number of piperidine rings is 3. The summed E-state index contributed by atoms with van der Waals surface area (Å²) in [4.78, 5) is 2.58. The van der Waals surface area contributed by atoms with Gasteiger partial charge < -0.3 is 10.2 Å². The van der Waals surface area contributed by atoms with Crippen LogP contribution in [0.5, 0.6) is 0 Å². The van der Waals surface area contributed by atoms with E-state index in [0.29, 0.717) is 0 Å². The van der Waals surface area contributed by atoms with Crippen LogP contribution < -0.4 is 5.32 Å². The van der Waals surface area contributed by atoms with Crippen molar-refractivity contribution in [3.8, 4) is 0 Å². The largest absolute Gasteiger partial charge is 0.316 e. The molecule has 2 nitrogen and oxygen atoms in total. The Morgan fingerprint density at radius 3 is 1.26 bits per heavy atom. The van der Waals surface area contributed by atoms with Crippen molar-refractivity contribution < 1.29 is 0 Å². The SMILES string of the molecule is C.C.C1CC2CCC1CNC2.C1CN2CCC1CC2. The maximum absolute atomic E-state index is 3.51. The van der Waals surface area contributed by atoms with Crippen LogP contribution in [0.25, 0.3) is 0 Å². The number of nitrogens with zero attached hydrogens (tertiary/aromatic N) is 1. The lowest BCUT2D eigenvalue weighted by Gasteiger charge is -2.38. The summed E-state index contributed by atoms with van der Waals surface area (Å²) in [5, 5.41) is 3.51. The first-order chi connectivity index (χ1) is 8.40. The average molecular weight is 268 g/mol. The first kappa shape index (κ1) is 17.0. The van der Waals surface area contributed by atoms with E-state index >= 15 is 0 Å². The third-order valence-corrected chi connectivity index (χ3v) is 5.39. The van der Waals surface area contributed by atoms with Crippen molar-refractivity contribution >= 4 is 0 Å². The molecule has 6 rings (SSSR count). The van der Waals surface area contributed by atoms with Crippen LogP contribution in [0.1, 0.15) is 59.8 Å². The molecule has 0 aromatic carbocycles. The highest BCUT2D eigenvalue weighted by Gasteiger charge is 2.24. The summed E-state index contributed by atoms with van der Waals surface area (Å²) in [5.74, 6) is 3.17. The third kappa shape index (κ3) is 4.75. The summed E-state index contributed by atoms with van der Waals surface area (Å²) in [5.41, 5.74) is 0. The minimum atomic E-state index is 0. The Bertz CT molecular complexity index is 185. The molecular formula is C17H36N2. The number of hydrogen-bond donors (Lipinski definition) is 1. The second kappa shape index (κ2) is 8.26. The summed E-state index contributed by atoms with van der Waals surface area (Å²) in [6.45, 7) is 6.78. The van der Waals surface area contributed by atoms with Crippen LogP contribution >= 0.6 is 0 Å². The van der Waals surface area contributed by atoms with E-state index in [0.717, 1.165) is 17.8 Å². The van der Waals surface area contributed by atoms with Gasteiger partial charge in [0, 0.05) is 0 Å². The van der Waals surface area contributed by atoms with Crippen LogP contribution in [0.2, 0.25) is 0 Å². The van der Waals surface area contributed by atoms with E-state index in [1.54, 1.807) is 0 Å². The fraction of sp³-hybridized carbons (Fsp3) is 1.00. The lowest BCUT2D eigenvalue weighted by Crippen LogP contribution is -2.41. The quantitative estimate of drug-likeness (QED) is 0.719. The molecule has 0 spiro atoms. The van der Waals surface area contributed by atoms with Gasteiger partial charge in [0.25, 0.3) is 0 Å². The molecule has 5 heterocycles. The van der Waals surface area contributed by atoms with Gasteiger partial charge in [-0.15, -0.1) is 0 Å². The number of rotatable bonds is 0. The van der Waals surface area contributed by atoms with Gasteiger partial charge in [0.05, 0.1) is 0 Å². The highest BCUT2D eigenvalue weighted by atomic mass is 15.1. The second-order valence-electron chi connectivity index (χ2n) is 6.62. The van der Waals surface area contributed by atoms with E-state index in [1.165, 1.54) is 77.7 Å². The van der Waals surface area contributed by atoms with Gasteiger partial charge in [-0.1, -0.05) is 14.9 Å². The van der Waals surface area contributed by atoms with E-state index in [4.69, 9.17) is 0 Å². The molecule has 0 radical (unpaired) electrons. The van der Waals surface area contributed by atoms with Crippen LogP contribution in [-0.4, -0.2) is 37.6 Å². The van der Waals surface area contributed by atoms with E-state index in [2.05, 4.69) is 10.2 Å². The van der Waals surface area contributed by atoms with Gasteiger partial charge in [-0.25, -0.2) is 0 Å². The minimum Gasteiger partial charge on any atom is -0.316 e. The minimum absolute atomic E-state index is 0. The zero-order chi connectivity index (χ0) is 11.5. The third-order valence-electron chi connectivity index (χ3n) is 5.39. The van der Waals surface area contributed by atoms with Gasteiger partial charge in [-0.05, 0) is 95.4 Å². The molecule has 5 aliphatic heterocycles. The number of fused-ring (bicyclic) bond motifs is 7. The molecule has 0 aromatic rings. The molecule has 4 bridgehead atoms. The molecule has 1 aliphatic carbocycles. The summed E-state index contributed by atoms with van der Waals surface area (Å²) in [7, 11) is 0. The highest BCUT2D eigenvalue weighted by molar-refractivity contribution is 4.80. The Hall–Kier alpha value is -0.0800. The maximum Gasteiger partial charge on any atom is -0.00161 e. The molecule has 0 amide bonds. The van der Waals surface area contributed by atoms with Crippen LogP contribution in [0, 0.1) is 17.8 Å². The first-order valence-electron chi connectivity index (χ1n) is 7.83. The Morgan fingerprint density at radius 1 is 0.579 bits per heavy atom. The molecule has 6 aliphatic rings. The number of hydrogen-bond acceptors (Lipinski definition) is 2. The van der Waals surface area contributed by atoms with Crippen molar-refractivity contribution in [1.29, 1.82) is 0 Å². The maximum atomic E-state index is 3.51. The predicted molar refractivity (Wildman–Crippen MR) is 85.6 cm³/mol. The zero-order valence-corrected chi connectivity index (χ0v) is 11.2. The van der Waals surface area contributed by atoms with E-state index < -0.39 is 0 Å². The highest BCUT2D eigenvalue weighted by Crippen LogP contribution is 2.30. The van der Waals surface area contributed by atoms with E-state index in [9.17, 15) is 0 Å². The van der Waals surface area contributed by atoms with Crippen molar-refractivity contribution in [1.82, 2.24) is 10.2 Å². The van der Waals surface area contributed by atoms with E-state index in [1.807, 2.05) is 0 Å². The summed E-state index contributed by atoms with van der Waals surface area (Å²) in [6, 6.07) is 0. The van der Waals surface area contributed by atoms with Crippen LogP contribution in [0.3, 0.4) is 0 Å². The van der Waals surface area contributed by atoms with Crippen molar-refractivity contribution in [2.75, 3.05) is 32.7 Å². The smallest absolute Gasteiger partial charge is 0.00161 e. The van der Waals surface area contributed by atoms with Gasteiger partial charge >= 0.3 is 0 Å². The fourth-order valence-corrected chi connectivity index (χ4v) is 4.00. The number of nitrogens with one attached hydrogen (secondary N) is 1. The monoisotopic (exact) mass is 268 g/mol. The summed E-state index contributed by atoms with van der Waals surface area (Å²) in [6.07, 6.45) is 10.4. The molecule has 1 saturated carbocycles. The topological polar surface area (TPSA) is 15.3 Å². The molecule has 0 unspecified atom stereocenters. The fourth-order valence-electron chi connectivity index (χ4n) is 4.00. The predicted octanol–water partition coefficient (Wildman–Crippen LogP) is 3.77. The van der Waals surface area contributed by atoms with Crippen molar-refractivity contribution in [2.45, 2.75) is 59.8 Å². The van der Waals surface area contributed by atoms with Gasteiger partial charge in [0.15, 0.2) is 0 Å². The Morgan fingerprint density at radius 2 is 1.00 bits per heavy atom. The Balaban J connectivity index is 0.000000173. The van der Waals surface area contributed by atoms with Gasteiger partial charge in [0.2, 0.25) is 0 Å². The molecule has 5 saturated heterocycles. The Kier molecular flexibility index (Phi) is 7.38. The lowest BCUT2D eigenvalue weighted by molar-refractivity contribution is 0.111. The van der Waals surface area contributed by atoms with Crippen LogP contribution in [-0.2, 0) is 0 Å².